The smallest absolute Gasteiger partial charge is 0.332 e. The summed E-state index contributed by atoms with van der Waals surface area (Å²) in [6.07, 6.45) is -0.323. The zero-order chi connectivity index (χ0) is 20.7. The summed E-state index contributed by atoms with van der Waals surface area (Å²) in [5.41, 5.74) is -0.641. The summed E-state index contributed by atoms with van der Waals surface area (Å²) in [6, 6.07) is 10.4. The Balaban J connectivity index is 1.57. The van der Waals surface area contributed by atoms with Gasteiger partial charge >= 0.3 is 5.69 Å². The van der Waals surface area contributed by atoms with Crippen LogP contribution in [0.25, 0.3) is 11.0 Å². The SMILES string of the molecule is CN(CC1COc2ccccc2O1)C(=O)c1ccc2c(=O)n(C)c(=O)n(C)c2n1. The van der Waals surface area contributed by atoms with Crippen molar-refractivity contribution in [3.63, 3.8) is 0 Å². The van der Waals surface area contributed by atoms with E-state index in [-0.39, 0.29) is 28.7 Å². The number of carbonyl (C=O) groups is 1. The number of pyridine rings is 1. The summed E-state index contributed by atoms with van der Waals surface area (Å²) < 4.78 is 13.8. The Kier molecular flexibility index (Phi) is 4.57. The number of para-hydroxylation sites is 2. The first kappa shape index (κ1) is 18.7. The number of ether oxygens (including phenoxy) is 2. The number of carbonyl (C=O) groups excluding carboxylic acids is 1. The van der Waals surface area contributed by atoms with Crippen LogP contribution in [-0.2, 0) is 14.1 Å². The second kappa shape index (κ2) is 7.08. The fraction of sp³-hybridized carbons (Fsp3) is 0.300. The molecule has 150 valence electrons. The number of hydrogen-bond acceptors (Lipinski definition) is 6. The summed E-state index contributed by atoms with van der Waals surface area (Å²) in [6.45, 7) is 0.618. The Hall–Kier alpha value is -3.62. The number of likely N-dealkylation sites (N-methyl/N-ethyl adjacent to an activating group) is 1. The Morgan fingerprint density at radius 3 is 2.62 bits per heavy atom. The number of benzene rings is 1. The Labute approximate surface area is 165 Å². The summed E-state index contributed by atoms with van der Waals surface area (Å²) in [4.78, 5) is 43.0. The molecular weight excluding hydrogens is 376 g/mol. The van der Waals surface area contributed by atoms with Crippen molar-refractivity contribution in [1.82, 2.24) is 19.0 Å². The van der Waals surface area contributed by atoms with E-state index in [2.05, 4.69) is 4.98 Å². The summed E-state index contributed by atoms with van der Waals surface area (Å²) in [7, 11) is 4.56. The second-order valence-electron chi connectivity index (χ2n) is 6.96. The third kappa shape index (κ3) is 3.24. The first-order valence-corrected chi connectivity index (χ1v) is 9.07. The highest BCUT2D eigenvalue weighted by molar-refractivity contribution is 5.94. The maximum absolute atomic E-state index is 12.9. The van der Waals surface area contributed by atoms with Crippen molar-refractivity contribution in [2.45, 2.75) is 6.10 Å². The van der Waals surface area contributed by atoms with Crippen LogP contribution in [0.15, 0.2) is 46.0 Å². The van der Waals surface area contributed by atoms with Gasteiger partial charge in [-0.05, 0) is 24.3 Å². The highest BCUT2D eigenvalue weighted by Crippen LogP contribution is 2.31. The highest BCUT2D eigenvalue weighted by Gasteiger charge is 2.25. The van der Waals surface area contributed by atoms with Crippen LogP contribution in [0.2, 0.25) is 0 Å². The molecule has 0 saturated heterocycles. The molecule has 1 atom stereocenters. The van der Waals surface area contributed by atoms with Crippen molar-refractivity contribution in [3.05, 3.63) is 62.9 Å². The molecule has 9 nitrogen and oxygen atoms in total. The van der Waals surface area contributed by atoms with Gasteiger partial charge in [0.2, 0.25) is 0 Å². The summed E-state index contributed by atoms with van der Waals surface area (Å²) in [5.74, 6) is 0.971. The van der Waals surface area contributed by atoms with Crippen molar-refractivity contribution in [1.29, 1.82) is 0 Å². The van der Waals surface area contributed by atoms with Gasteiger partial charge < -0.3 is 14.4 Å². The molecule has 0 aliphatic carbocycles. The molecule has 3 aromatic rings. The lowest BCUT2D eigenvalue weighted by atomic mass is 10.2. The van der Waals surface area contributed by atoms with Crippen LogP contribution >= 0.6 is 0 Å². The molecule has 0 spiro atoms. The predicted octanol–water partition coefficient (Wildman–Crippen LogP) is 0.544. The molecule has 0 saturated carbocycles. The fourth-order valence-electron chi connectivity index (χ4n) is 3.31. The van der Waals surface area contributed by atoms with E-state index in [0.717, 1.165) is 4.57 Å². The molecule has 0 fully saturated rings. The molecular formula is C20H20N4O5. The van der Waals surface area contributed by atoms with Gasteiger partial charge in [-0.3, -0.25) is 18.7 Å². The number of amides is 1. The third-order valence-electron chi connectivity index (χ3n) is 4.91. The minimum Gasteiger partial charge on any atom is -0.486 e. The van der Waals surface area contributed by atoms with Crippen molar-refractivity contribution in [2.24, 2.45) is 14.1 Å². The van der Waals surface area contributed by atoms with Crippen molar-refractivity contribution < 1.29 is 14.3 Å². The maximum Gasteiger partial charge on any atom is 0.332 e. The van der Waals surface area contributed by atoms with Gasteiger partial charge in [-0.2, -0.15) is 0 Å². The topological polar surface area (TPSA) is 95.7 Å². The Morgan fingerprint density at radius 1 is 1.14 bits per heavy atom. The molecule has 1 amide bonds. The first-order valence-electron chi connectivity index (χ1n) is 9.07. The molecule has 2 aromatic heterocycles. The number of aryl methyl sites for hydroxylation is 1. The molecule has 1 aliphatic heterocycles. The van der Waals surface area contributed by atoms with Gasteiger partial charge in [0.25, 0.3) is 11.5 Å². The second-order valence-corrected chi connectivity index (χ2v) is 6.96. The van der Waals surface area contributed by atoms with E-state index in [1.165, 1.54) is 35.7 Å². The first-order chi connectivity index (χ1) is 13.9. The van der Waals surface area contributed by atoms with E-state index in [9.17, 15) is 14.4 Å². The minimum atomic E-state index is -0.501. The quantitative estimate of drug-likeness (QED) is 0.641. The van der Waals surface area contributed by atoms with Gasteiger partial charge in [0, 0.05) is 21.1 Å². The van der Waals surface area contributed by atoms with Crippen LogP contribution in [0.4, 0.5) is 0 Å². The zero-order valence-electron chi connectivity index (χ0n) is 16.3. The van der Waals surface area contributed by atoms with E-state index in [0.29, 0.717) is 24.7 Å². The van der Waals surface area contributed by atoms with Crippen molar-refractivity contribution in [2.75, 3.05) is 20.2 Å². The lowest BCUT2D eigenvalue weighted by Gasteiger charge is -2.29. The standard InChI is InChI=1S/C20H20N4O5/c1-22(10-12-11-28-15-6-4-5-7-16(15)29-12)19(26)14-9-8-13-17(21-14)23(2)20(27)24(3)18(13)25/h4-9,12H,10-11H2,1-3H3. The zero-order valence-corrected chi connectivity index (χ0v) is 16.3. The van der Waals surface area contributed by atoms with Crippen LogP contribution in [0.3, 0.4) is 0 Å². The minimum absolute atomic E-state index is 0.139. The summed E-state index contributed by atoms with van der Waals surface area (Å²) >= 11 is 0. The number of nitrogens with zero attached hydrogens (tertiary/aromatic N) is 4. The molecule has 1 aliphatic rings. The van der Waals surface area contributed by atoms with Crippen LogP contribution < -0.4 is 20.7 Å². The lowest BCUT2D eigenvalue weighted by molar-refractivity contribution is 0.0517. The summed E-state index contributed by atoms with van der Waals surface area (Å²) in [5, 5.41) is 0.273. The lowest BCUT2D eigenvalue weighted by Crippen LogP contribution is -2.42. The van der Waals surface area contributed by atoms with Crippen LogP contribution in [-0.4, -0.2) is 51.2 Å². The highest BCUT2D eigenvalue weighted by atomic mass is 16.6. The van der Waals surface area contributed by atoms with Crippen molar-refractivity contribution in [3.8, 4) is 11.5 Å². The molecule has 4 rings (SSSR count). The van der Waals surface area contributed by atoms with E-state index in [1.54, 1.807) is 7.05 Å². The molecule has 29 heavy (non-hydrogen) atoms. The molecule has 1 aromatic carbocycles. The van der Waals surface area contributed by atoms with Crippen LogP contribution in [0.1, 0.15) is 10.5 Å². The normalized spacial score (nSPS) is 15.3. The van der Waals surface area contributed by atoms with E-state index in [4.69, 9.17) is 9.47 Å². The van der Waals surface area contributed by atoms with Gasteiger partial charge in [-0.15, -0.1) is 0 Å². The van der Waals surface area contributed by atoms with E-state index in [1.807, 2.05) is 24.3 Å². The average molecular weight is 396 g/mol. The molecule has 3 heterocycles. The van der Waals surface area contributed by atoms with Gasteiger partial charge in [-0.25, -0.2) is 9.78 Å². The number of rotatable bonds is 3. The largest absolute Gasteiger partial charge is 0.486 e. The van der Waals surface area contributed by atoms with Crippen LogP contribution in [0.5, 0.6) is 11.5 Å². The number of aromatic nitrogens is 3. The molecule has 0 N–H and O–H groups in total. The Morgan fingerprint density at radius 2 is 1.86 bits per heavy atom. The van der Waals surface area contributed by atoms with E-state index < -0.39 is 11.2 Å². The Bertz CT molecular complexity index is 1230. The van der Waals surface area contributed by atoms with Gasteiger partial charge in [0.15, 0.2) is 17.6 Å². The average Bonchev–Trinajstić information content (AvgIpc) is 2.75. The maximum atomic E-state index is 12.9. The molecule has 0 bridgehead atoms. The third-order valence-corrected chi connectivity index (χ3v) is 4.91. The number of hydrogen-bond donors (Lipinski definition) is 0. The fourth-order valence-corrected chi connectivity index (χ4v) is 3.31. The van der Waals surface area contributed by atoms with Crippen LogP contribution in [0, 0.1) is 0 Å². The molecule has 1 unspecified atom stereocenters. The predicted molar refractivity (Wildman–Crippen MR) is 106 cm³/mol. The van der Waals surface area contributed by atoms with Gasteiger partial charge in [-0.1, -0.05) is 12.1 Å². The van der Waals surface area contributed by atoms with E-state index >= 15 is 0 Å². The number of fused-ring (bicyclic) bond motifs is 2. The van der Waals surface area contributed by atoms with Crippen molar-refractivity contribution >= 4 is 16.9 Å². The van der Waals surface area contributed by atoms with Gasteiger partial charge in [0.05, 0.1) is 11.9 Å². The molecule has 9 heteroatoms. The molecule has 0 radical (unpaired) electrons. The van der Waals surface area contributed by atoms with Gasteiger partial charge in [0.1, 0.15) is 17.9 Å². The monoisotopic (exact) mass is 396 g/mol.